The van der Waals surface area contributed by atoms with Crippen LogP contribution in [0.3, 0.4) is 0 Å². The van der Waals surface area contributed by atoms with Gasteiger partial charge in [-0.05, 0) is 73.5 Å². The predicted octanol–water partition coefficient (Wildman–Crippen LogP) is 1.96. The Morgan fingerprint density at radius 1 is 1.32 bits per heavy atom. The molecule has 132 valence electrons. The van der Waals surface area contributed by atoms with Crippen LogP contribution in [0.4, 0.5) is 0 Å². The topological polar surface area (TPSA) is 89.9 Å². The van der Waals surface area contributed by atoms with Crippen LogP contribution in [0.25, 0.3) is 17.0 Å². The lowest BCUT2D eigenvalue weighted by Gasteiger charge is -2.17. The smallest absolute Gasteiger partial charge is 0.249 e. The predicted molar refractivity (Wildman–Crippen MR) is 96.8 cm³/mol. The molecule has 1 aliphatic rings. The molecule has 1 aromatic heterocycles. The molecule has 0 atom stereocenters. The molecule has 0 aliphatic heterocycles. The molecule has 0 saturated heterocycles. The van der Waals surface area contributed by atoms with Crippen LogP contribution in [0.1, 0.15) is 41.6 Å². The molecule has 1 aliphatic carbocycles. The monoisotopic (exact) mass is 340 g/mol. The normalized spacial score (nSPS) is 14.6. The third-order valence-electron chi connectivity index (χ3n) is 4.47. The molecular formula is C18H24N6O. The van der Waals surface area contributed by atoms with Gasteiger partial charge in [-0.25, -0.2) is 4.68 Å². The number of carbonyl (C=O) groups is 1. The second kappa shape index (κ2) is 7.57. The maximum absolute atomic E-state index is 11.9. The summed E-state index contributed by atoms with van der Waals surface area (Å²) in [4.78, 5) is 13.9. The van der Waals surface area contributed by atoms with E-state index in [0.29, 0.717) is 17.9 Å². The number of nitrogens with two attached hydrogens (primary N) is 1. The molecular weight excluding hydrogens is 316 g/mol. The zero-order valence-corrected chi connectivity index (χ0v) is 14.8. The molecule has 7 nitrogen and oxygen atoms in total. The summed E-state index contributed by atoms with van der Waals surface area (Å²) in [7, 11) is 4.03. The van der Waals surface area contributed by atoms with Crippen molar-refractivity contribution in [2.24, 2.45) is 5.73 Å². The van der Waals surface area contributed by atoms with Crippen LogP contribution in [0, 0.1) is 0 Å². The zero-order chi connectivity index (χ0) is 17.8. The fourth-order valence-corrected chi connectivity index (χ4v) is 3.10. The van der Waals surface area contributed by atoms with Crippen molar-refractivity contribution in [3.63, 3.8) is 0 Å². The highest BCUT2D eigenvalue weighted by molar-refractivity contribution is 5.99. The molecule has 3 rings (SSSR count). The summed E-state index contributed by atoms with van der Waals surface area (Å²) >= 11 is 0. The van der Waals surface area contributed by atoms with Crippen molar-refractivity contribution < 1.29 is 4.79 Å². The van der Waals surface area contributed by atoms with Crippen LogP contribution in [0.2, 0.25) is 0 Å². The molecule has 1 aromatic carbocycles. The highest BCUT2D eigenvalue weighted by Crippen LogP contribution is 2.31. The van der Waals surface area contributed by atoms with Gasteiger partial charge in [0.2, 0.25) is 5.91 Å². The van der Waals surface area contributed by atoms with Gasteiger partial charge >= 0.3 is 0 Å². The number of allylic oxidation sites excluding steroid dienone is 2. The van der Waals surface area contributed by atoms with Crippen molar-refractivity contribution in [3.8, 4) is 11.4 Å². The largest absolute Gasteiger partial charge is 0.366 e. The number of likely N-dealkylation sites (N-methyl/N-ethyl adjacent to an activating group) is 1. The van der Waals surface area contributed by atoms with E-state index in [9.17, 15) is 4.79 Å². The van der Waals surface area contributed by atoms with E-state index < -0.39 is 5.91 Å². The van der Waals surface area contributed by atoms with Gasteiger partial charge in [-0.1, -0.05) is 12.1 Å². The quantitative estimate of drug-likeness (QED) is 0.868. The minimum atomic E-state index is -0.403. The van der Waals surface area contributed by atoms with Gasteiger partial charge < -0.3 is 10.6 Å². The van der Waals surface area contributed by atoms with Gasteiger partial charge in [0.1, 0.15) is 0 Å². The van der Waals surface area contributed by atoms with E-state index in [4.69, 9.17) is 5.73 Å². The summed E-state index contributed by atoms with van der Waals surface area (Å²) in [5.41, 5.74) is 9.14. The first kappa shape index (κ1) is 17.3. The number of hydrogen-bond donors (Lipinski definition) is 1. The molecule has 7 heteroatoms. The number of carbonyl (C=O) groups excluding carboxylic acids is 1. The third kappa shape index (κ3) is 3.93. The summed E-state index contributed by atoms with van der Waals surface area (Å²) in [6, 6.07) is 5.65. The van der Waals surface area contributed by atoms with Crippen molar-refractivity contribution >= 4 is 11.5 Å². The van der Waals surface area contributed by atoms with Gasteiger partial charge in [0.15, 0.2) is 5.82 Å². The summed E-state index contributed by atoms with van der Waals surface area (Å²) in [5.74, 6) is 0.302. The minimum absolute atomic E-state index is 0.403. The van der Waals surface area contributed by atoms with E-state index in [-0.39, 0.29) is 0 Å². The average Bonchev–Trinajstić information content (AvgIpc) is 3.08. The lowest BCUT2D eigenvalue weighted by Crippen LogP contribution is -2.19. The Kier molecular flexibility index (Phi) is 5.23. The third-order valence-corrected chi connectivity index (χ3v) is 4.47. The van der Waals surface area contributed by atoms with Gasteiger partial charge in [-0.15, -0.1) is 5.10 Å². The van der Waals surface area contributed by atoms with Gasteiger partial charge in [0.05, 0.1) is 6.54 Å². The van der Waals surface area contributed by atoms with Gasteiger partial charge in [-0.3, -0.25) is 4.79 Å². The van der Waals surface area contributed by atoms with Crippen molar-refractivity contribution in [2.45, 2.75) is 32.2 Å². The molecule has 0 unspecified atom stereocenters. The fourth-order valence-electron chi connectivity index (χ4n) is 3.10. The van der Waals surface area contributed by atoms with E-state index in [1.54, 1.807) is 10.7 Å². The number of primary amides is 1. The SMILES string of the molecule is CN(C)CCn1nnnc1-c1ccc(C(N)=O)c(C2=CCCCC2)c1. The Morgan fingerprint density at radius 2 is 2.16 bits per heavy atom. The first-order chi connectivity index (χ1) is 12.1. The van der Waals surface area contributed by atoms with Crippen LogP contribution in [0.15, 0.2) is 24.3 Å². The number of aromatic nitrogens is 4. The van der Waals surface area contributed by atoms with Crippen LogP contribution in [-0.2, 0) is 6.54 Å². The second-order valence-electron chi connectivity index (χ2n) is 6.63. The molecule has 1 heterocycles. The number of amides is 1. The van der Waals surface area contributed by atoms with E-state index in [2.05, 4.69) is 26.5 Å². The molecule has 2 aromatic rings. The second-order valence-corrected chi connectivity index (χ2v) is 6.63. The molecule has 0 radical (unpaired) electrons. The maximum Gasteiger partial charge on any atom is 0.249 e. The Bertz CT molecular complexity index is 793. The van der Waals surface area contributed by atoms with E-state index >= 15 is 0 Å². The van der Waals surface area contributed by atoms with Crippen molar-refractivity contribution in [2.75, 3.05) is 20.6 Å². The van der Waals surface area contributed by atoms with Crippen LogP contribution in [-0.4, -0.2) is 51.7 Å². The molecule has 25 heavy (non-hydrogen) atoms. The molecule has 0 saturated carbocycles. The van der Waals surface area contributed by atoms with Crippen LogP contribution in [0.5, 0.6) is 0 Å². The van der Waals surface area contributed by atoms with Crippen molar-refractivity contribution in [3.05, 3.63) is 35.4 Å². The number of benzene rings is 1. The first-order valence-electron chi connectivity index (χ1n) is 8.61. The molecule has 0 spiro atoms. The van der Waals surface area contributed by atoms with Crippen molar-refractivity contribution in [1.82, 2.24) is 25.1 Å². The van der Waals surface area contributed by atoms with Crippen LogP contribution >= 0.6 is 0 Å². The maximum atomic E-state index is 11.9. The fraction of sp³-hybridized carbons (Fsp3) is 0.444. The van der Waals surface area contributed by atoms with E-state index in [1.165, 1.54) is 12.0 Å². The van der Waals surface area contributed by atoms with Crippen LogP contribution < -0.4 is 5.73 Å². The molecule has 1 amide bonds. The Labute approximate surface area is 147 Å². The number of tetrazole rings is 1. The summed E-state index contributed by atoms with van der Waals surface area (Å²) in [6.45, 7) is 1.54. The highest BCUT2D eigenvalue weighted by Gasteiger charge is 2.17. The average molecular weight is 340 g/mol. The summed E-state index contributed by atoms with van der Waals surface area (Å²) < 4.78 is 1.79. The highest BCUT2D eigenvalue weighted by atomic mass is 16.1. The molecule has 0 fully saturated rings. The Balaban J connectivity index is 2.00. The standard InChI is InChI=1S/C18H24N6O/c1-23(2)10-11-24-18(20-21-22-24)14-8-9-15(17(19)25)16(12-14)13-6-4-3-5-7-13/h6,8-9,12H,3-5,7,10-11H2,1-2H3,(H2,19,25). The van der Waals surface area contributed by atoms with Crippen molar-refractivity contribution in [1.29, 1.82) is 0 Å². The molecule has 0 bridgehead atoms. The lowest BCUT2D eigenvalue weighted by molar-refractivity contribution is 0.1000. The lowest BCUT2D eigenvalue weighted by atomic mass is 9.89. The summed E-state index contributed by atoms with van der Waals surface area (Å²) in [5, 5.41) is 12.1. The van der Waals surface area contributed by atoms with Gasteiger partial charge in [0.25, 0.3) is 0 Å². The van der Waals surface area contributed by atoms with Gasteiger partial charge in [-0.2, -0.15) is 0 Å². The molecule has 2 N–H and O–H groups in total. The Morgan fingerprint density at radius 3 is 2.84 bits per heavy atom. The van der Waals surface area contributed by atoms with E-state index in [0.717, 1.165) is 36.9 Å². The Hall–Kier alpha value is -2.54. The number of rotatable bonds is 6. The summed E-state index contributed by atoms with van der Waals surface area (Å²) in [6.07, 6.45) is 6.55. The van der Waals surface area contributed by atoms with Gasteiger partial charge in [0, 0.05) is 17.7 Å². The minimum Gasteiger partial charge on any atom is -0.366 e. The van der Waals surface area contributed by atoms with E-state index in [1.807, 2.05) is 26.2 Å². The number of hydrogen-bond acceptors (Lipinski definition) is 5. The zero-order valence-electron chi connectivity index (χ0n) is 14.8. The first-order valence-corrected chi connectivity index (χ1v) is 8.61. The number of nitrogens with zero attached hydrogens (tertiary/aromatic N) is 5.